The second-order valence-corrected chi connectivity index (χ2v) is 8.77. The van der Waals surface area contributed by atoms with Crippen molar-refractivity contribution in [1.29, 1.82) is 0 Å². The second kappa shape index (κ2) is 9.06. The lowest BCUT2D eigenvalue weighted by atomic mass is 10.0. The molecule has 0 N–H and O–H groups in total. The van der Waals surface area contributed by atoms with Crippen molar-refractivity contribution in [2.24, 2.45) is 0 Å². The van der Waals surface area contributed by atoms with Crippen molar-refractivity contribution in [2.45, 2.75) is 13.1 Å². The Morgan fingerprint density at radius 1 is 0.857 bits per heavy atom. The van der Waals surface area contributed by atoms with Crippen LogP contribution in [0.1, 0.15) is 21.5 Å². The van der Waals surface area contributed by atoms with Crippen molar-refractivity contribution >= 4 is 22.5 Å². The molecule has 1 saturated heterocycles. The van der Waals surface area contributed by atoms with Gasteiger partial charge in [0.05, 0.1) is 22.3 Å². The van der Waals surface area contributed by atoms with E-state index in [9.17, 15) is 18.0 Å². The zero-order valence-corrected chi connectivity index (χ0v) is 19.2. The lowest BCUT2D eigenvalue weighted by Gasteiger charge is -2.36. The van der Waals surface area contributed by atoms with Crippen LogP contribution in [-0.4, -0.2) is 42.0 Å². The Hall–Kier alpha value is -3.87. The summed E-state index contributed by atoms with van der Waals surface area (Å²) in [6.45, 7) is 3.78. The van der Waals surface area contributed by atoms with E-state index in [0.29, 0.717) is 37.4 Å². The number of hydrogen-bond acceptors (Lipinski definition) is 3. The van der Waals surface area contributed by atoms with E-state index in [1.165, 1.54) is 12.1 Å². The minimum atomic E-state index is -4.38. The molecular weight excluding hydrogens is 451 g/mol. The Kier molecular flexibility index (Phi) is 5.93. The van der Waals surface area contributed by atoms with Gasteiger partial charge in [0.15, 0.2) is 0 Å². The summed E-state index contributed by atoms with van der Waals surface area (Å²) in [6.07, 6.45) is -4.38. The first-order chi connectivity index (χ1) is 16.8. The quantitative estimate of drug-likeness (QED) is 0.354. The average molecular weight is 476 g/mol. The summed E-state index contributed by atoms with van der Waals surface area (Å²) in [7, 11) is 0. The van der Waals surface area contributed by atoms with Gasteiger partial charge < -0.3 is 9.80 Å². The van der Waals surface area contributed by atoms with Gasteiger partial charge in [-0.15, -0.1) is 0 Å². The number of fused-ring (bicyclic) bond motifs is 1. The van der Waals surface area contributed by atoms with Crippen molar-refractivity contribution < 1.29 is 18.0 Å². The highest BCUT2D eigenvalue weighted by Gasteiger charge is 2.31. The van der Waals surface area contributed by atoms with Crippen LogP contribution in [0.5, 0.6) is 0 Å². The van der Waals surface area contributed by atoms with Crippen LogP contribution in [0.15, 0.2) is 78.9 Å². The summed E-state index contributed by atoms with van der Waals surface area (Å²) in [5.41, 5.74) is 3.99. The molecule has 0 unspecified atom stereocenters. The van der Waals surface area contributed by atoms with Gasteiger partial charge in [0.1, 0.15) is 0 Å². The number of aryl methyl sites for hydroxylation is 1. The number of anilines is 1. The van der Waals surface area contributed by atoms with E-state index >= 15 is 0 Å². The molecule has 0 saturated carbocycles. The van der Waals surface area contributed by atoms with Crippen molar-refractivity contribution in [3.05, 3.63) is 95.6 Å². The first-order valence-corrected chi connectivity index (χ1v) is 11.5. The highest BCUT2D eigenvalue weighted by atomic mass is 19.4. The fourth-order valence-electron chi connectivity index (χ4n) is 4.44. The largest absolute Gasteiger partial charge is 0.416 e. The number of alkyl halides is 3. The first-order valence-electron chi connectivity index (χ1n) is 11.5. The molecule has 0 aliphatic carbocycles. The van der Waals surface area contributed by atoms with E-state index in [1.54, 1.807) is 11.0 Å². The number of rotatable bonds is 3. The molecule has 5 rings (SSSR count). The molecule has 4 nitrogen and oxygen atoms in total. The van der Waals surface area contributed by atoms with E-state index < -0.39 is 11.7 Å². The fraction of sp³-hybridized carbons (Fsp3) is 0.214. The number of carbonyl (C=O) groups is 1. The van der Waals surface area contributed by atoms with Gasteiger partial charge in [-0.3, -0.25) is 4.79 Å². The van der Waals surface area contributed by atoms with Gasteiger partial charge in [-0.1, -0.05) is 54.1 Å². The molecule has 0 spiro atoms. The van der Waals surface area contributed by atoms with Crippen LogP contribution < -0.4 is 4.90 Å². The van der Waals surface area contributed by atoms with Crippen molar-refractivity contribution in [3.63, 3.8) is 0 Å². The minimum Gasteiger partial charge on any atom is -0.368 e. The van der Waals surface area contributed by atoms with Gasteiger partial charge >= 0.3 is 6.18 Å². The molecule has 4 aromatic rings. The maximum Gasteiger partial charge on any atom is 0.416 e. The van der Waals surface area contributed by atoms with Crippen LogP contribution in [0.2, 0.25) is 0 Å². The fourth-order valence-corrected chi connectivity index (χ4v) is 4.44. The van der Waals surface area contributed by atoms with Crippen LogP contribution in [-0.2, 0) is 6.18 Å². The maximum absolute atomic E-state index is 13.6. The van der Waals surface area contributed by atoms with Gasteiger partial charge in [-0.05, 0) is 37.3 Å². The Bertz CT molecular complexity index is 1370. The molecule has 2 heterocycles. The van der Waals surface area contributed by atoms with Gasteiger partial charge in [0, 0.05) is 42.8 Å². The zero-order valence-electron chi connectivity index (χ0n) is 19.2. The highest BCUT2D eigenvalue weighted by Crippen LogP contribution is 2.32. The predicted molar refractivity (Wildman–Crippen MR) is 131 cm³/mol. The molecule has 1 aromatic heterocycles. The predicted octanol–water partition coefficient (Wildman–Crippen LogP) is 6.19. The van der Waals surface area contributed by atoms with E-state index in [0.717, 1.165) is 33.8 Å². The molecule has 35 heavy (non-hydrogen) atoms. The lowest BCUT2D eigenvalue weighted by Crippen LogP contribution is -2.48. The molecule has 1 aliphatic heterocycles. The van der Waals surface area contributed by atoms with Gasteiger partial charge in [0.25, 0.3) is 5.91 Å². The summed E-state index contributed by atoms with van der Waals surface area (Å²) in [5.74, 6) is -0.0966. The third-order valence-corrected chi connectivity index (χ3v) is 6.40. The van der Waals surface area contributed by atoms with Gasteiger partial charge in [-0.2, -0.15) is 13.2 Å². The number of amides is 1. The van der Waals surface area contributed by atoms with Crippen LogP contribution in [0.4, 0.5) is 18.9 Å². The Morgan fingerprint density at radius 2 is 1.57 bits per heavy atom. The normalized spacial score (nSPS) is 14.4. The number of benzene rings is 3. The number of pyridine rings is 1. The van der Waals surface area contributed by atoms with Crippen molar-refractivity contribution in [1.82, 2.24) is 9.88 Å². The van der Waals surface area contributed by atoms with E-state index in [4.69, 9.17) is 4.98 Å². The van der Waals surface area contributed by atoms with Crippen LogP contribution in [0.3, 0.4) is 0 Å². The first kappa shape index (κ1) is 22.9. The zero-order chi connectivity index (χ0) is 24.6. The molecule has 1 amide bonds. The molecule has 0 radical (unpaired) electrons. The number of aromatic nitrogens is 1. The van der Waals surface area contributed by atoms with Crippen molar-refractivity contribution in [2.75, 3.05) is 31.1 Å². The molecule has 3 aromatic carbocycles. The number of halogens is 3. The summed E-state index contributed by atoms with van der Waals surface area (Å²) in [5, 5.41) is 0.786. The third-order valence-electron chi connectivity index (χ3n) is 6.40. The highest BCUT2D eigenvalue weighted by molar-refractivity contribution is 6.07. The summed E-state index contributed by atoms with van der Waals surface area (Å²) >= 11 is 0. The van der Waals surface area contributed by atoms with E-state index in [-0.39, 0.29) is 5.91 Å². The molecule has 178 valence electrons. The lowest BCUT2D eigenvalue weighted by molar-refractivity contribution is -0.137. The van der Waals surface area contributed by atoms with Gasteiger partial charge in [-0.25, -0.2) is 4.98 Å². The minimum absolute atomic E-state index is 0.0966. The number of nitrogens with zero attached hydrogens (tertiary/aromatic N) is 3. The third kappa shape index (κ3) is 4.71. The van der Waals surface area contributed by atoms with Crippen LogP contribution in [0.25, 0.3) is 22.2 Å². The van der Waals surface area contributed by atoms with Crippen molar-refractivity contribution in [3.8, 4) is 11.3 Å². The Balaban J connectivity index is 1.40. The SMILES string of the molecule is Cc1ccc(-c2cc(C(=O)N3CCN(c4cccc(C(F)(F)F)c4)CC3)c3ccccc3n2)cc1. The average Bonchev–Trinajstić information content (AvgIpc) is 2.88. The number of para-hydroxylation sites is 1. The van der Waals surface area contributed by atoms with E-state index in [2.05, 4.69) is 0 Å². The monoisotopic (exact) mass is 475 g/mol. The number of carbonyl (C=O) groups excluding carboxylic acids is 1. The summed E-state index contributed by atoms with van der Waals surface area (Å²) in [6, 6.07) is 22.8. The Morgan fingerprint density at radius 3 is 2.29 bits per heavy atom. The molecule has 7 heteroatoms. The van der Waals surface area contributed by atoms with Gasteiger partial charge in [0.2, 0.25) is 0 Å². The Labute approximate surface area is 201 Å². The molecule has 0 bridgehead atoms. The molecule has 1 aliphatic rings. The topological polar surface area (TPSA) is 36.4 Å². The number of hydrogen-bond donors (Lipinski definition) is 0. The smallest absolute Gasteiger partial charge is 0.368 e. The van der Waals surface area contributed by atoms with Crippen LogP contribution >= 0.6 is 0 Å². The second-order valence-electron chi connectivity index (χ2n) is 8.77. The number of piperazine rings is 1. The molecule has 1 fully saturated rings. The maximum atomic E-state index is 13.6. The standard InChI is InChI=1S/C28H24F3N3O/c1-19-9-11-20(12-10-19)26-18-24(23-7-2-3-8-25(23)32-26)27(35)34-15-13-33(14-16-34)22-6-4-5-21(17-22)28(29,30)31/h2-12,17-18H,13-16H2,1H3. The summed E-state index contributed by atoms with van der Waals surface area (Å²) in [4.78, 5) is 22.0. The van der Waals surface area contributed by atoms with E-state index in [1.807, 2.05) is 66.4 Å². The summed E-state index contributed by atoms with van der Waals surface area (Å²) < 4.78 is 39.4. The molecular formula is C28H24F3N3O. The molecule has 0 atom stereocenters. The van der Waals surface area contributed by atoms with Crippen LogP contribution in [0, 0.1) is 6.92 Å².